The summed E-state index contributed by atoms with van der Waals surface area (Å²) in [6.07, 6.45) is 3.74. The number of hydrogen-bond acceptors (Lipinski definition) is 3. The number of aryl methyl sites for hydroxylation is 1. The monoisotopic (exact) mass is 330 g/mol. The van der Waals surface area contributed by atoms with Crippen LogP contribution in [0, 0.1) is 12.8 Å². The van der Waals surface area contributed by atoms with Crippen molar-refractivity contribution in [3.05, 3.63) is 42.0 Å². The second-order valence-electron chi connectivity index (χ2n) is 5.95. The molecule has 1 fully saturated rings. The molecule has 0 spiro atoms. The van der Waals surface area contributed by atoms with Crippen LogP contribution in [-0.4, -0.2) is 35.5 Å². The molecule has 1 aliphatic rings. The summed E-state index contributed by atoms with van der Waals surface area (Å²) in [7, 11) is 0. The Morgan fingerprint density at radius 2 is 2.04 bits per heavy atom. The third-order valence-corrected chi connectivity index (χ3v) is 4.06. The first-order valence-corrected chi connectivity index (χ1v) is 7.93. The highest BCUT2D eigenvalue weighted by atomic mass is 16.4. The second kappa shape index (κ2) is 7.77. The zero-order chi connectivity index (χ0) is 17.7. The van der Waals surface area contributed by atoms with Gasteiger partial charge in [0.05, 0.1) is 5.92 Å². The number of nitrogens with zero attached hydrogens (tertiary/aromatic N) is 1. The summed E-state index contributed by atoms with van der Waals surface area (Å²) in [6.45, 7) is 4.02. The third kappa shape index (κ3) is 4.22. The van der Waals surface area contributed by atoms with E-state index in [0.29, 0.717) is 0 Å². The Bertz CT molecular complexity index is 651. The van der Waals surface area contributed by atoms with E-state index < -0.39 is 23.8 Å². The number of allylic oxidation sites excluding steroid dienone is 1. The molecule has 0 aromatic heterocycles. The Morgan fingerprint density at radius 1 is 1.38 bits per heavy atom. The van der Waals surface area contributed by atoms with Crippen molar-refractivity contribution in [2.24, 2.45) is 5.92 Å². The first-order chi connectivity index (χ1) is 11.4. The highest BCUT2D eigenvalue weighted by molar-refractivity contribution is 6.00. The molecule has 0 saturated carbocycles. The molecule has 1 aromatic carbocycles. The number of nitrogens with one attached hydrogen (secondary N) is 1. The van der Waals surface area contributed by atoms with Crippen LogP contribution in [0.2, 0.25) is 0 Å². The summed E-state index contributed by atoms with van der Waals surface area (Å²) < 4.78 is 0. The van der Waals surface area contributed by atoms with E-state index in [0.717, 1.165) is 11.3 Å². The molecule has 1 heterocycles. The molecule has 0 aliphatic carbocycles. The van der Waals surface area contributed by atoms with E-state index in [1.807, 2.05) is 31.2 Å². The lowest BCUT2D eigenvalue weighted by molar-refractivity contribution is -0.142. The van der Waals surface area contributed by atoms with Crippen molar-refractivity contribution in [1.82, 2.24) is 5.32 Å². The predicted octanol–water partition coefficient (Wildman–Crippen LogP) is 1.88. The van der Waals surface area contributed by atoms with Crippen molar-refractivity contribution in [2.45, 2.75) is 32.7 Å². The lowest BCUT2D eigenvalue weighted by atomic mass is 10.1. The fraction of sp³-hybridized carbons (Fsp3) is 0.389. The summed E-state index contributed by atoms with van der Waals surface area (Å²) in [5, 5.41) is 11.7. The largest absolute Gasteiger partial charge is 0.480 e. The number of carbonyl (C=O) groups is 3. The summed E-state index contributed by atoms with van der Waals surface area (Å²) in [5.41, 5.74) is 1.84. The third-order valence-electron chi connectivity index (χ3n) is 4.06. The molecule has 24 heavy (non-hydrogen) atoms. The molecular formula is C18H22N2O4. The van der Waals surface area contributed by atoms with Gasteiger partial charge in [0.15, 0.2) is 0 Å². The fourth-order valence-electron chi connectivity index (χ4n) is 2.64. The molecule has 6 heteroatoms. The summed E-state index contributed by atoms with van der Waals surface area (Å²) in [5.74, 6) is -2.14. The maximum Gasteiger partial charge on any atom is 0.326 e. The molecule has 2 unspecified atom stereocenters. The maximum absolute atomic E-state index is 12.3. The lowest BCUT2D eigenvalue weighted by Crippen LogP contribution is -2.44. The van der Waals surface area contributed by atoms with Crippen LogP contribution in [0.3, 0.4) is 0 Å². The number of aliphatic carboxylic acids is 1. The predicted molar refractivity (Wildman–Crippen MR) is 90.6 cm³/mol. The zero-order valence-electron chi connectivity index (χ0n) is 13.9. The van der Waals surface area contributed by atoms with Gasteiger partial charge in [0.1, 0.15) is 6.04 Å². The second-order valence-corrected chi connectivity index (χ2v) is 5.95. The number of anilines is 1. The number of carboxylic acid groups (broad SMARTS) is 1. The van der Waals surface area contributed by atoms with E-state index in [4.69, 9.17) is 0 Å². The van der Waals surface area contributed by atoms with Gasteiger partial charge in [-0.05, 0) is 32.4 Å². The maximum atomic E-state index is 12.3. The van der Waals surface area contributed by atoms with E-state index in [1.54, 1.807) is 24.0 Å². The Balaban J connectivity index is 2.02. The first-order valence-electron chi connectivity index (χ1n) is 7.93. The summed E-state index contributed by atoms with van der Waals surface area (Å²) in [4.78, 5) is 37.3. The molecule has 2 N–H and O–H groups in total. The Hall–Kier alpha value is -2.63. The molecule has 6 nitrogen and oxygen atoms in total. The van der Waals surface area contributed by atoms with Gasteiger partial charge in [-0.2, -0.15) is 0 Å². The van der Waals surface area contributed by atoms with Crippen molar-refractivity contribution >= 4 is 23.5 Å². The topological polar surface area (TPSA) is 86.7 Å². The number of amides is 2. The van der Waals surface area contributed by atoms with Crippen LogP contribution >= 0.6 is 0 Å². The van der Waals surface area contributed by atoms with Gasteiger partial charge in [-0.15, -0.1) is 0 Å². The lowest BCUT2D eigenvalue weighted by Gasteiger charge is -2.18. The molecule has 1 aromatic rings. The highest BCUT2D eigenvalue weighted by Gasteiger charge is 2.36. The smallest absolute Gasteiger partial charge is 0.326 e. The Labute approximate surface area is 141 Å². The average molecular weight is 330 g/mol. The molecule has 1 aliphatic heterocycles. The van der Waals surface area contributed by atoms with E-state index >= 15 is 0 Å². The van der Waals surface area contributed by atoms with Crippen LogP contribution < -0.4 is 10.2 Å². The number of carbonyl (C=O) groups excluding carboxylic acids is 2. The minimum Gasteiger partial charge on any atom is -0.480 e. The molecular weight excluding hydrogens is 308 g/mol. The van der Waals surface area contributed by atoms with E-state index in [2.05, 4.69) is 5.32 Å². The van der Waals surface area contributed by atoms with E-state index in [1.165, 1.54) is 0 Å². The van der Waals surface area contributed by atoms with Crippen molar-refractivity contribution in [3.63, 3.8) is 0 Å². The normalized spacial score (nSPS) is 18.8. The quantitative estimate of drug-likeness (QED) is 0.780. The van der Waals surface area contributed by atoms with Crippen molar-refractivity contribution in [3.8, 4) is 0 Å². The molecule has 0 bridgehead atoms. The Morgan fingerprint density at radius 3 is 2.62 bits per heavy atom. The molecule has 128 valence electrons. The Kier molecular flexibility index (Phi) is 5.73. The number of carboxylic acids is 1. The van der Waals surface area contributed by atoms with Crippen molar-refractivity contribution in [2.75, 3.05) is 11.4 Å². The molecule has 1 saturated heterocycles. The van der Waals surface area contributed by atoms with Crippen LogP contribution in [0.4, 0.5) is 5.69 Å². The van der Waals surface area contributed by atoms with Gasteiger partial charge in [-0.3, -0.25) is 9.59 Å². The average Bonchev–Trinajstić information content (AvgIpc) is 2.93. The molecule has 0 radical (unpaired) electrons. The minimum atomic E-state index is -1.08. The van der Waals surface area contributed by atoms with Gasteiger partial charge in [0.2, 0.25) is 11.8 Å². The van der Waals surface area contributed by atoms with E-state index in [9.17, 15) is 19.5 Å². The zero-order valence-corrected chi connectivity index (χ0v) is 13.9. The van der Waals surface area contributed by atoms with Crippen LogP contribution in [-0.2, 0) is 14.4 Å². The van der Waals surface area contributed by atoms with E-state index in [-0.39, 0.29) is 25.3 Å². The number of rotatable bonds is 6. The van der Waals surface area contributed by atoms with Crippen molar-refractivity contribution < 1.29 is 19.5 Å². The van der Waals surface area contributed by atoms with Crippen molar-refractivity contribution in [1.29, 1.82) is 0 Å². The van der Waals surface area contributed by atoms with Crippen LogP contribution in [0.1, 0.15) is 25.3 Å². The van der Waals surface area contributed by atoms with Gasteiger partial charge in [0.25, 0.3) is 0 Å². The standard InChI is InChI=1S/C18H22N2O4/c1-3-4-5-15(18(23)24)19-17(22)13-10-16(21)20(11-13)14-8-6-12(2)7-9-14/h3-4,6-9,13,15H,5,10-11H2,1-2H3,(H,19,22)(H,23,24)/b4-3+. The fourth-order valence-corrected chi connectivity index (χ4v) is 2.64. The first kappa shape index (κ1) is 17.7. The number of benzene rings is 1. The summed E-state index contributed by atoms with van der Waals surface area (Å²) >= 11 is 0. The molecule has 2 amide bonds. The molecule has 2 rings (SSSR count). The van der Waals surface area contributed by atoms with Gasteiger partial charge < -0.3 is 15.3 Å². The van der Waals surface area contributed by atoms with Gasteiger partial charge >= 0.3 is 5.97 Å². The van der Waals surface area contributed by atoms with Crippen LogP contribution in [0.15, 0.2) is 36.4 Å². The van der Waals surface area contributed by atoms with Crippen LogP contribution in [0.25, 0.3) is 0 Å². The molecule has 2 atom stereocenters. The SMILES string of the molecule is C/C=C/CC(NC(=O)C1CC(=O)N(c2ccc(C)cc2)C1)C(=O)O. The van der Waals surface area contributed by atoms with Gasteiger partial charge in [-0.25, -0.2) is 4.79 Å². The number of hydrogen-bond donors (Lipinski definition) is 2. The van der Waals surface area contributed by atoms with Gasteiger partial charge in [0, 0.05) is 18.7 Å². The summed E-state index contributed by atoms with van der Waals surface area (Å²) in [6, 6.07) is 6.54. The highest BCUT2D eigenvalue weighted by Crippen LogP contribution is 2.25. The van der Waals surface area contributed by atoms with Crippen LogP contribution in [0.5, 0.6) is 0 Å². The minimum absolute atomic E-state index is 0.0929. The van der Waals surface area contributed by atoms with Gasteiger partial charge in [-0.1, -0.05) is 29.8 Å².